The van der Waals surface area contributed by atoms with Crippen molar-refractivity contribution in [2.75, 3.05) is 30.7 Å². The summed E-state index contributed by atoms with van der Waals surface area (Å²) in [6.07, 6.45) is 6.33. The van der Waals surface area contributed by atoms with E-state index in [9.17, 15) is 13.5 Å². The van der Waals surface area contributed by atoms with Crippen molar-refractivity contribution in [1.29, 1.82) is 0 Å². The SMILES string of the molecule is CS(=O)(=O)Nc1cc(C(O)CNCCOc2ccc3[nH]c4c(c3c2)CCCCC4)ccc1Br. The lowest BCUT2D eigenvalue weighted by Gasteiger charge is -2.15. The summed E-state index contributed by atoms with van der Waals surface area (Å²) in [5, 5.41) is 14.9. The second-order valence-electron chi connectivity index (χ2n) is 8.53. The van der Waals surface area contributed by atoms with E-state index >= 15 is 0 Å². The maximum absolute atomic E-state index is 11.5. The monoisotopic (exact) mass is 535 g/mol. The highest BCUT2D eigenvalue weighted by molar-refractivity contribution is 9.10. The van der Waals surface area contributed by atoms with Crippen LogP contribution in [0.3, 0.4) is 0 Å². The number of halogens is 1. The molecule has 0 saturated heterocycles. The van der Waals surface area contributed by atoms with Crippen molar-refractivity contribution < 1.29 is 18.3 Å². The lowest BCUT2D eigenvalue weighted by atomic mass is 10.1. The van der Waals surface area contributed by atoms with Crippen LogP contribution in [0.2, 0.25) is 0 Å². The minimum atomic E-state index is -3.41. The summed E-state index contributed by atoms with van der Waals surface area (Å²) < 4.78 is 32.0. The van der Waals surface area contributed by atoms with Crippen LogP contribution in [0.1, 0.15) is 42.2 Å². The number of hydrogen-bond donors (Lipinski definition) is 4. The molecule has 3 aromatic rings. The lowest BCUT2D eigenvalue weighted by Crippen LogP contribution is -2.26. The van der Waals surface area contributed by atoms with Crippen LogP contribution in [0.4, 0.5) is 5.69 Å². The largest absolute Gasteiger partial charge is 0.492 e. The maximum Gasteiger partial charge on any atom is 0.229 e. The van der Waals surface area contributed by atoms with Gasteiger partial charge in [0.1, 0.15) is 12.4 Å². The van der Waals surface area contributed by atoms with Gasteiger partial charge in [0.15, 0.2) is 0 Å². The lowest BCUT2D eigenvalue weighted by molar-refractivity contribution is 0.172. The van der Waals surface area contributed by atoms with Crippen LogP contribution in [0.15, 0.2) is 40.9 Å². The Morgan fingerprint density at radius 3 is 2.79 bits per heavy atom. The van der Waals surface area contributed by atoms with Crippen LogP contribution in [0.25, 0.3) is 10.9 Å². The van der Waals surface area contributed by atoms with Gasteiger partial charge in [-0.15, -0.1) is 0 Å². The minimum Gasteiger partial charge on any atom is -0.492 e. The van der Waals surface area contributed by atoms with E-state index in [0.29, 0.717) is 35.4 Å². The summed E-state index contributed by atoms with van der Waals surface area (Å²) in [5.41, 5.74) is 5.01. The molecule has 7 nitrogen and oxygen atoms in total. The zero-order chi connectivity index (χ0) is 23.4. The van der Waals surface area contributed by atoms with Gasteiger partial charge in [-0.2, -0.15) is 0 Å². The Hall–Kier alpha value is -2.07. The number of aliphatic hydroxyl groups is 1. The standard InChI is InChI=1S/C24H30BrN3O4S/c1-33(30,31)28-23-13-16(7-9-20(23)25)24(29)15-26-11-12-32-17-8-10-22-19(14-17)18-5-3-2-4-6-21(18)27-22/h7-10,13-14,24,26-29H,2-6,11-12,15H2,1H3. The molecular formula is C24H30BrN3O4S. The number of aryl methyl sites for hydroxylation is 2. The first-order valence-electron chi connectivity index (χ1n) is 11.2. The van der Waals surface area contributed by atoms with Gasteiger partial charge in [-0.25, -0.2) is 8.42 Å². The summed E-state index contributed by atoms with van der Waals surface area (Å²) in [7, 11) is -3.41. The number of anilines is 1. The van der Waals surface area contributed by atoms with Gasteiger partial charge in [-0.1, -0.05) is 12.5 Å². The number of ether oxygens (including phenoxy) is 1. The summed E-state index contributed by atoms with van der Waals surface area (Å²) in [6.45, 7) is 1.38. The summed E-state index contributed by atoms with van der Waals surface area (Å²) in [6, 6.07) is 11.3. The van der Waals surface area contributed by atoms with E-state index in [4.69, 9.17) is 4.74 Å². The Kier molecular flexibility index (Phi) is 7.63. The van der Waals surface area contributed by atoms with E-state index in [1.54, 1.807) is 18.2 Å². The van der Waals surface area contributed by atoms with Crippen LogP contribution in [-0.4, -0.2) is 44.5 Å². The molecule has 0 saturated carbocycles. The summed E-state index contributed by atoms with van der Waals surface area (Å²) in [4.78, 5) is 3.57. The number of aliphatic hydroxyl groups excluding tert-OH is 1. The predicted molar refractivity (Wildman–Crippen MR) is 135 cm³/mol. The molecule has 178 valence electrons. The molecule has 4 rings (SSSR count). The molecule has 0 amide bonds. The zero-order valence-corrected chi connectivity index (χ0v) is 21.1. The number of aromatic nitrogens is 1. The fraction of sp³-hybridized carbons (Fsp3) is 0.417. The Balaban J connectivity index is 1.28. The van der Waals surface area contributed by atoms with Gasteiger partial charge >= 0.3 is 0 Å². The van der Waals surface area contributed by atoms with Crippen LogP contribution in [0.5, 0.6) is 5.75 Å². The molecule has 0 bridgehead atoms. The number of rotatable bonds is 9. The molecule has 33 heavy (non-hydrogen) atoms. The second-order valence-corrected chi connectivity index (χ2v) is 11.1. The van der Waals surface area contributed by atoms with Crippen molar-refractivity contribution in [3.05, 3.63) is 57.7 Å². The van der Waals surface area contributed by atoms with E-state index in [0.717, 1.165) is 24.8 Å². The van der Waals surface area contributed by atoms with E-state index < -0.39 is 16.1 Å². The summed E-state index contributed by atoms with van der Waals surface area (Å²) >= 11 is 3.32. The van der Waals surface area contributed by atoms with Gasteiger partial charge in [0, 0.05) is 34.2 Å². The fourth-order valence-electron chi connectivity index (χ4n) is 4.28. The third-order valence-electron chi connectivity index (χ3n) is 5.88. The Bertz CT molecular complexity index is 1230. The minimum absolute atomic E-state index is 0.327. The molecule has 1 aliphatic rings. The first-order valence-corrected chi connectivity index (χ1v) is 13.9. The highest BCUT2D eigenvalue weighted by Gasteiger charge is 2.15. The van der Waals surface area contributed by atoms with Gasteiger partial charge in [-0.05, 0) is 83.1 Å². The fourth-order valence-corrected chi connectivity index (χ4v) is 5.32. The predicted octanol–water partition coefficient (Wildman–Crippen LogP) is 4.27. The molecule has 1 aliphatic carbocycles. The van der Waals surface area contributed by atoms with E-state index in [1.807, 2.05) is 6.07 Å². The van der Waals surface area contributed by atoms with E-state index in [-0.39, 0.29) is 0 Å². The first kappa shape index (κ1) is 24.1. The van der Waals surface area contributed by atoms with Crippen molar-refractivity contribution in [2.45, 2.75) is 38.2 Å². The molecule has 0 fully saturated rings. The van der Waals surface area contributed by atoms with Crippen LogP contribution >= 0.6 is 15.9 Å². The number of aromatic amines is 1. The molecule has 9 heteroatoms. The van der Waals surface area contributed by atoms with Gasteiger partial charge < -0.3 is 20.1 Å². The van der Waals surface area contributed by atoms with Crippen molar-refractivity contribution in [2.24, 2.45) is 0 Å². The molecule has 1 atom stereocenters. The highest BCUT2D eigenvalue weighted by Crippen LogP contribution is 2.31. The van der Waals surface area contributed by atoms with Gasteiger partial charge in [0.25, 0.3) is 0 Å². The van der Waals surface area contributed by atoms with Crippen molar-refractivity contribution in [3.63, 3.8) is 0 Å². The first-order chi connectivity index (χ1) is 15.8. The smallest absolute Gasteiger partial charge is 0.229 e. The molecule has 2 aromatic carbocycles. The highest BCUT2D eigenvalue weighted by atomic mass is 79.9. The average Bonchev–Trinajstić information content (AvgIpc) is 2.94. The zero-order valence-electron chi connectivity index (χ0n) is 18.7. The van der Waals surface area contributed by atoms with Gasteiger partial charge in [0.2, 0.25) is 10.0 Å². The summed E-state index contributed by atoms with van der Waals surface area (Å²) in [5.74, 6) is 0.847. The topological polar surface area (TPSA) is 103 Å². The molecule has 0 spiro atoms. The average molecular weight is 536 g/mol. The Morgan fingerprint density at radius 1 is 1.15 bits per heavy atom. The number of hydrogen-bond acceptors (Lipinski definition) is 5. The quantitative estimate of drug-likeness (QED) is 0.242. The molecule has 0 aliphatic heterocycles. The van der Waals surface area contributed by atoms with Gasteiger partial charge in [0.05, 0.1) is 18.0 Å². The van der Waals surface area contributed by atoms with Crippen molar-refractivity contribution in [3.8, 4) is 5.75 Å². The third kappa shape index (κ3) is 6.29. The number of H-pyrrole nitrogens is 1. The number of nitrogens with one attached hydrogen (secondary N) is 3. The molecule has 1 unspecified atom stereocenters. The maximum atomic E-state index is 11.5. The van der Waals surface area contributed by atoms with Crippen LogP contribution in [-0.2, 0) is 22.9 Å². The number of sulfonamides is 1. The normalized spacial score (nSPS) is 15.1. The molecule has 4 N–H and O–H groups in total. The number of benzene rings is 2. The molecule has 0 radical (unpaired) electrons. The number of fused-ring (bicyclic) bond motifs is 3. The van der Waals surface area contributed by atoms with Crippen LogP contribution < -0.4 is 14.8 Å². The molecular weight excluding hydrogens is 506 g/mol. The second kappa shape index (κ2) is 10.5. The van der Waals surface area contributed by atoms with E-state index in [1.165, 1.54) is 41.4 Å². The molecule has 1 aromatic heterocycles. The molecule has 1 heterocycles. The Labute approximate surface area is 203 Å². The van der Waals surface area contributed by atoms with Crippen molar-refractivity contribution >= 4 is 42.5 Å². The Morgan fingerprint density at radius 2 is 1.97 bits per heavy atom. The van der Waals surface area contributed by atoms with Crippen molar-refractivity contribution in [1.82, 2.24) is 10.3 Å². The van der Waals surface area contributed by atoms with Gasteiger partial charge in [-0.3, -0.25) is 4.72 Å². The third-order valence-corrected chi connectivity index (χ3v) is 7.16. The van der Waals surface area contributed by atoms with E-state index in [2.05, 4.69) is 43.1 Å². The van der Waals surface area contributed by atoms with Crippen LogP contribution in [0, 0.1) is 0 Å².